The van der Waals surface area contributed by atoms with Gasteiger partial charge in [0.1, 0.15) is 0 Å². The van der Waals surface area contributed by atoms with Crippen LogP contribution in [0.3, 0.4) is 0 Å². The Morgan fingerprint density at radius 3 is 2.67 bits per heavy atom. The maximum absolute atomic E-state index is 10.8. The SMILES string of the molecule is C[Te]c1ccccc1NC(C)=O. The third kappa shape index (κ3) is 2.51. The average molecular weight is 277 g/mol. The van der Waals surface area contributed by atoms with Gasteiger partial charge < -0.3 is 0 Å². The Hall–Kier alpha value is -0.520. The molecule has 0 aliphatic rings. The molecule has 3 heteroatoms. The summed E-state index contributed by atoms with van der Waals surface area (Å²) in [5.41, 5.74) is 0.981. The zero-order valence-corrected chi connectivity index (χ0v) is 9.46. The van der Waals surface area contributed by atoms with Crippen molar-refractivity contribution in [1.82, 2.24) is 0 Å². The van der Waals surface area contributed by atoms with Crippen LogP contribution in [0.2, 0.25) is 4.97 Å². The number of carbonyl (C=O) groups excluding carboxylic acids is 1. The van der Waals surface area contributed by atoms with Gasteiger partial charge in [0.05, 0.1) is 0 Å². The van der Waals surface area contributed by atoms with Crippen LogP contribution in [-0.4, -0.2) is 26.8 Å². The molecule has 0 bridgehead atoms. The Bertz CT molecular complexity index is 286. The Labute approximate surface area is 82.4 Å². The second kappa shape index (κ2) is 4.49. The van der Waals surface area contributed by atoms with Crippen molar-refractivity contribution in [1.29, 1.82) is 0 Å². The summed E-state index contributed by atoms with van der Waals surface area (Å²) in [6.45, 7) is 1.53. The summed E-state index contributed by atoms with van der Waals surface area (Å²) in [6, 6.07) is 7.98. The van der Waals surface area contributed by atoms with E-state index in [1.807, 2.05) is 18.2 Å². The molecule has 0 saturated carbocycles. The number of benzene rings is 1. The van der Waals surface area contributed by atoms with Crippen molar-refractivity contribution in [2.24, 2.45) is 0 Å². The Morgan fingerprint density at radius 2 is 2.08 bits per heavy atom. The van der Waals surface area contributed by atoms with Crippen LogP contribution in [0, 0.1) is 0 Å². The monoisotopic (exact) mass is 279 g/mol. The number of hydrogen-bond donors (Lipinski definition) is 1. The predicted octanol–water partition coefficient (Wildman–Crippen LogP) is 1.02. The van der Waals surface area contributed by atoms with Gasteiger partial charge in [-0.3, -0.25) is 0 Å². The van der Waals surface area contributed by atoms with Gasteiger partial charge in [-0.05, 0) is 0 Å². The van der Waals surface area contributed by atoms with Crippen LogP contribution in [0.1, 0.15) is 6.92 Å². The van der Waals surface area contributed by atoms with E-state index < -0.39 is 0 Å². The molecule has 12 heavy (non-hydrogen) atoms. The number of para-hydroxylation sites is 1. The van der Waals surface area contributed by atoms with E-state index in [0.29, 0.717) is 0 Å². The number of hydrogen-bond acceptors (Lipinski definition) is 1. The van der Waals surface area contributed by atoms with Gasteiger partial charge in [-0.25, -0.2) is 0 Å². The van der Waals surface area contributed by atoms with Crippen LogP contribution in [0.5, 0.6) is 0 Å². The summed E-state index contributed by atoms with van der Waals surface area (Å²) in [5, 5.41) is 2.82. The van der Waals surface area contributed by atoms with Gasteiger partial charge in [-0.1, -0.05) is 0 Å². The van der Waals surface area contributed by atoms with Crippen molar-refractivity contribution in [2.75, 3.05) is 5.32 Å². The minimum atomic E-state index is -0.123. The minimum absolute atomic E-state index is 0.00311. The van der Waals surface area contributed by atoms with Crippen molar-refractivity contribution in [2.45, 2.75) is 11.9 Å². The molecule has 0 aromatic heterocycles. The van der Waals surface area contributed by atoms with Gasteiger partial charge in [0, 0.05) is 0 Å². The van der Waals surface area contributed by atoms with E-state index in [4.69, 9.17) is 0 Å². The van der Waals surface area contributed by atoms with Crippen LogP contribution >= 0.6 is 0 Å². The first-order valence-corrected chi connectivity index (χ1v) is 7.14. The van der Waals surface area contributed by atoms with Crippen molar-refractivity contribution in [3.63, 3.8) is 0 Å². The van der Waals surface area contributed by atoms with Gasteiger partial charge >= 0.3 is 82.4 Å². The summed E-state index contributed by atoms with van der Waals surface area (Å²) in [5.74, 6) is 0.00311. The van der Waals surface area contributed by atoms with E-state index in [0.717, 1.165) is 5.69 Å². The molecule has 1 amide bonds. The average Bonchev–Trinajstić information content (AvgIpc) is 2.04. The number of carbonyl (C=O) groups is 1. The molecule has 1 aromatic carbocycles. The Kier molecular flexibility index (Phi) is 3.58. The molecule has 1 rings (SSSR count). The van der Waals surface area contributed by atoms with E-state index in [-0.39, 0.29) is 26.8 Å². The quantitative estimate of drug-likeness (QED) is 0.803. The number of nitrogens with one attached hydrogen (secondary N) is 1. The van der Waals surface area contributed by atoms with E-state index >= 15 is 0 Å². The first-order chi connectivity index (χ1) is 5.74. The fourth-order valence-electron chi connectivity index (χ4n) is 0.938. The van der Waals surface area contributed by atoms with Crippen LogP contribution in [0.25, 0.3) is 0 Å². The van der Waals surface area contributed by atoms with Gasteiger partial charge in [0.25, 0.3) is 0 Å². The molecule has 0 heterocycles. The van der Waals surface area contributed by atoms with E-state index in [2.05, 4.69) is 16.4 Å². The number of rotatable bonds is 2. The summed E-state index contributed by atoms with van der Waals surface area (Å²) >= 11 is -0.123. The van der Waals surface area contributed by atoms with Crippen molar-refractivity contribution < 1.29 is 4.79 Å². The van der Waals surface area contributed by atoms with Gasteiger partial charge in [-0.2, -0.15) is 0 Å². The summed E-state index contributed by atoms with van der Waals surface area (Å²) in [6.07, 6.45) is 0. The number of amides is 1. The molecule has 1 N–H and O–H groups in total. The molecule has 64 valence electrons. The van der Waals surface area contributed by atoms with E-state index in [1.165, 1.54) is 10.5 Å². The zero-order valence-electron chi connectivity index (χ0n) is 7.13. The van der Waals surface area contributed by atoms with Crippen molar-refractivity contribution in [3.05, 3.63) is 24.3 Å². The van der Waals surface area contributed by atoms with E-state index in [9.17, 15) is 4.79 Å². The van der Waals surface area contributed by atoms with Crippen molar-refractivity contribution >= 4 is 36.1 Å². The summed E-state index contributed by atoms with van der Waals surface area (Å²) in [4.78, 5) is 13.0. The maximum atomic E-state index is 10.8. The standard InChI is InChI=1S/C9H11NOTe/c1-7(11)10-8-5-3-4-6-9(8)12-2/h3-6H,1-2H3,(H,10,11). The molecular formula is C9H11NOTe. The molecule has 0 aliphatic heterocycles. The Morgan fingerprint density at radius 1 is 1.42 bits per heavy atom. The van der Waals surface area contributed by atoms with Gasteiger partial charge in [-0.15, -0.1) is 0 Å². The fourth-order valence-corrected chi connectivity index (χ4v) is 2.52. The molecule has 0 unspecified atom stereocenters. The second-order valence-corrected chi connectivity index (χ2v) is 4.80. The fraction of sp³-hybridized carbons (Fsp3) is 0.222. The van der Waals surface area contributed by atoms with Crippen LogP contribution in [0.4, 0.5) is 5.69 Å². The molecule has 0 radical (unpaired) electrons. The molecule has 2 nitrogen and oxygen atoms in total. The summed E-state index contributed by atoms with van der Waals surface area (Å²) < 4.78 is 1.30. The summed E-state index contributed by atoms with van der Waals surface area (Å²) in [7, 11) is 0. The Balaban J connectivity index is 2.89. The van der Waals surface area contributed by atoms with Crippen LogP contribution < -0.4 is 8.93 Å². The molecule has 0 fully saturated rings. The molecule has 0 aliphatic carbocycles. The zero-order chi connectivity index (χ0) is 8.97. The van der Waals surface area contributed by atoms with Crippen LogP contribution in [-0.2, 0) is 4.79 Å². The first-order valence-electron chi connectivity index (χ1n) is 3.64. The molecular weight excluding hydrogens is 266 g/mol. The van der Waals surface area contributed by atoms with Gasteiger partial charge in [0.2, 0.25) is 0 Å². The molecule has 0 spiro atoms. The third-order valence-corrected chi connectivity index (χ3v) is 3.69. The molecule has 0 saturated heterocycles. The number of anilines is 1. The van der Waals surface area contributed by atoms with Crippen molar-refractivity contribution in [3.8, 4) is 0 Å². The second-order valence-electron chi connectivity index (χ2n) is 2.38. The predicted molar refractivity (Wildman–Crippen MR) is 52.0 cm³/mol. The van der Waals surface area contributed by atoms with Crippen LogP contribution in [0.15, 0.2) is 24.3 Å². The molecule has 0 atom stereocenters. The van der Waals surface area contributed by atoms with Gasteiger partial charge in [0.15, 0.2) is 0 Å². The topological polar surface area (TPSA) is 29.1 Å². The first kappa shape index (κ1) is 9.57. The normalized spacial score (nSPS) is 9.50. The third-order valence-electron chi connectivity index (χ3n) is 1.42. The molecule has 1 aromatic rings. The van der Waals surface area contributed by atoms with E-state index in [1.54, 1.807) is 0 Å².